The number of aryl methyl sites for hydroxylation is 1. The van der Waals surface area contributed by atoms with Crippen LogP contribution in [0.3, 0.4) is 0 Å². The summed E-state index contributed by atoms with van der Waals surface area (Å²) in [4.78, 5) is 14.7. The summed E-state index contributed by atoms with van der Waals surface area (Å²) in [6.07, 6.45) is 0.934. The van der Waals surface area contributed by atoms with Crippen molar-refractivity contribution in [1.29, 1.82) is 0 Å². The Morgan fingerprint density at radius 2 is 2.00 bits per heavy atom. The van der Waals surface area contributed by atoms with Gasteiger partial charge in [0.2, 0.25) is 0 Å². The second-order valence-electron chi connectivity index (χ2n) is 4.68. The highest BCUT2D eigenvalue weighted by Gasteiger charge is 2.29. The Morgan fingerprint density at radius 1 is 1.41 bits per heavy atom. The lowest BCUT2D eigenvalue weighted by molar-refractivity contribution is -0.386. The van der Waals surface area contributed by atoms with Crippen LogP contribution in [0.15, 0.2) is 12.3 Å². The molecule has 0 spiro atoms. The minimum Gasteiger partial charge on any atom is -0.393 e. The van der Waals surface area contributed by atoms with Gasteiger partial charge in [-0.15, -0.1) is 0 Å². The lowest BCUT2D eigenvalue weighted by atomic mass is 9.86. The van der Waals surface area contributed by atoms with E-state index >= 15 is 0 Å². The summed E-state index contributed by atoms with van der Waals surface area (Å²) >= 11 is 0. The Bertz CT molecular complexity index is 408. The Hall–Kier alpha value is -1.49. The summed E-state index contributed by atoms with van der Waals surface area (Å²) < 4.78 is 0. The van der Waals surface area contributed by atoms with E-state index in [1.807, 2.05) is 13.8 Å². The SMILES string of the molecule is Cc1cnc(C(C(C)C)C(C)O)c([N+](=O)[O-])c1. The van der Waals surface area contributed by atoms with Gasteiger partial charge in [-0.2, -0.15) is 0 Å². The van der Waals surface area contributed by atoms with Gasteiger partial charge >= 0.3 is 0 Å². The van der Waals surface area contributed by atoms with E-state index in [1.54, 1.807) is 20.0 Å². The van der Waals surface area contributed by atoms with Crippen molar-refractivity contribution in [2.75, 3.05) is 0 Å². The lowest BCUT2D eigenvalue weighted by Gasteiger charge is -2.22. The molecule has 94 valence electrons. The van der Waals surface area contributed by atoms with E-state index in [1.165, 1.54) is 6.07 Å². The minimum absolute atomic E-state index is 0.00963. The number of aliphatic hydroxyl groups excluding tert-OH is 1. The quantitative estimate of drug-likeness (QED) is 0.645. The maximum Gasteiger partial charge on any atom is 0.291 e. The molecule has 0 aromatic carbocycles. The van der Waals surface area contributed by atoms with Gasteiger partial charge in [-0.1, -0.05) is 13.8 Å². The normalized spacial score (nSPS) is 14.7. The van der Waals surface area contributed by atoms with Gasteiger partial charge in [-0.25, -0.2) is 0 Å². The fourth-order valence-electron chi connectivity index (χ4n) is 2.07. The molecule has 0 radical (unpaired) electrons. The smallest absolute Gasteiger partial charge is 0.291 e. The molecular formula is C12H18N2O3. The van der Waals surface area contributed by atoms with Crippen LogP contribution in [0.5, 0.6) is 0 Å². The van der Waals surface area contributed by atoms with Crippen LogP contribution in [0.4, 0.5) is 5.69 Å². The highest BCUT2D eigenvalue weighted by atomic mass is 16.6. The third-order valence-corrected chi connectivity index (χ3v) is 2.78. The molecule has 1 aromatic heterocycles. The van der Waals surface area contributed by atoms with Gasteiger partial charge in [-0.3, -0.25) is 15.1 Å². The Balaban J connectivity index is 3.32. The minimum atomic E-state index is -0.663. The van der Waals surface area contributed by atoms with E-state index in [0.29, 0.717) is 5.69 Å². The largest absolute Gasteiger partial charge is 0.393 e. The maximum absolute atomic E-state index is 11.0. The van der Waals surface area contributed by atoms with Crippen LogP contribution in [-0.4, -0.2) is 21.1 Å². The third kappa shape index (κ3) is 3.00. The maximum atomic E-state index is 11.0. The van der Waals surface area contributed by atoms with Gasteiger partial charge in [0.25, 0.3) is 5.69 Å². The molecule has 17 heavy (non-hydrogen) atoms. The van der Waals surface area contributed by atoms with E-state index in [-0.39, 0.29) is 17.5 Å². The fraction of sp³-hybridized carbons (Fsp3) is 0.583. The van der Waals surface area contributed by atoms with Crippen LogP contribution in [0.2, 0.25) is 0 Å². The van der Waals surface area contributed by atoms with Crippen molar-refractivity contribution in [3.8, 4) is 0 Å². The van der Waals surface area contributed by atoms with Crippen molar-refractivity contribution in [1.82, 2.24) is 4.98 Å². The Kier molecular flexibility index (Phi) is 4.17. The first-order valence-electron chi connectivity index (χ1n) is 5.63. The predicted octanol–water partition coefficient (Wildman–Crippen LogP) is 2.42. The van der Waals surface area contributed by atoms with E-state index in [9.17, 15) is 15.2 Å². The zero-order valence-electron chi connectivity index (χ0n) is 10.5. The average Bonchev–Trinajstić information content (AvgIpc) is 2.19. The standard InChI is InChI=1S/C12H18N2O3/c1-7(2)11(9(4)15)12-10(14(16)17)5-8(3)6-13-12/h5-7,9,11,15H,1-4H3. The molecule has 0 aliphatic carbocycles. The first-order valence-corrected chi connectivity index (χ1v) is 5.63. The van der Waals surface area contributed by atoms with E-state index in [0.717, 1.165) is 5.56 Å². The van der Waals surface area contributed by atoms with Crippen LogP contribution >= 0.6 is 0 Å². The number of hydrogen-bond acceptors (Lipinski definition) is 4. The molecule has 1 aromatic rings. The molecule has 0 fully saturated rings. The molecule has 0 saturated heterocycles. The fourth-order valence-corrected chi connectivity index (χ4v) is 2.07. The molecule has 0 bridgehead atoms. The zero-order valence-corrected chi connectivity index (χ0v) is 10.5. The second-order valence-corrected chi connectivity index (χ2v) is 4.68. The highest BCUT2D eigenvalue weighted by Crippen LogP contribution is 2.33. The second kappa shape index (κ2) is 5.23. The first-order chi connectivity index (χ1) is 7.84. The summed E-state index contributed by atoms with van der Waals surface area (Å²) in [6.45, 7) is 7.23. The molecule has 2 unspecified atom stereocenters. The molecule has 0 amide bonds. The number of nitro groups is 1. The van der Waals surface area contributed by atoms with Crippen molar-refractivity contribution in [2.24, 2.45) is 5.92 Å². The topological polar surface area (TPSA) is 76.3 Å². The molecule has 0 saturated carbocycles. The van der Waals surface area contributed by atoms with Gasteiger partial charge in [0, 0.05) is 18.2 Å². The molecule has 0 aliphatic rings. The summed E-state index contributed by atoms with van der Waals surface area (Å²) in [7, 11) is 0. The number of pyridine rings is 1. The number of hydrogen-bond donors (Lipinski definition) is 1. The van der Waals surface area contributed by atoms with Gasteiger partial charge in [-0.05, 0) is 25.3 Å². The van der Waals surface area contributed by atoms with Crippen molar-refractivity contribution >= 4 is 5.69 Å². The van der Waals surface area contributed by atoms with Crippen LogP contribution in [-0.2, 0) is 0 Å². The molecule has 5 nitrogen and oxygen atoms in total. The highest BCUT2D eigenvalue weighted by molar-refractivity contribution is 5.40. The van der Waals surface area contributed by atoms with Crippen molar-refractivity contribution < 1.29 is 10.0 Å². The first kappa shape index (κ1) is 13.6. The van der Waals surface area contributed by atoms with Crippen LogP contribution in [0.25, 0.3) is 0 Å². The number of rotatable bonds is 4. The van der Waals surface area contributed by atoms with Crippen LogP contribution in [0.1, 0.15) is 37.9 Å². The number of nitrogens with zero attached hydrogens (tertiary/aromatic N) is 2. The summed E-state index contributed by atoms with van der Waals surface area (Å²) in [5, 5.41) is 20.8. The van der Waals surface area contributed by atoms with Gasteiger partial charge in [0.05, 0.1) is 11.0 Å². The Labute approximate surface area is 101 Å². The zero-order chi connectivity index (χ0) is 13.2. The van der Waals surface area contributed by atoms with Crippen LogP contribution in [0, 0.1) is 23.0 Å². The van der Waals surface area contributed by atoms with Crippen molar-refractivity contribution in [3.05, 3.63) is 33.6 Å². The molecule has 0 aliphatic heterocycles. The van der Waals surface area contributed by atoms with Gasteiger partial charge in [0.15, 0.2) is 0 Å². The predicted molar refractivity (Wildman–Crippen MR) is 64.9 cm³/mol. The van der Waals surface area contributed by atoms with Crippen LogP contribution < -0.4 is 0 Å². The molecule has 5 heteroatoms. The molecule has 1 N–H and O–H groups in total. The number of aromatic nitrogens is 1. The third-order valence-electron chi connectivity index (χ3n) is 2.78. The summed E-state index contributed by atoms with van der Waals surface area (Å²) in [5.74, 6) is -0.236. The Morgan fingerprint density at radius 3 is 2.41 bits per heavy atom. The molecule has 2 atom stereocenters. The van der Waals surface area contributed by atoms with Crippen molar-refractivity contribution in [3.63, 3.8) is 0 Å². The van der Waals surface area contributed by atoms with E-state index in [4.69, 9.17) is 0 Å². The molecule has 1 heterocycles. The summed E-state index contributed by atoms with van der Waals surface area (Å²) in [5.41, 5.74) is 1.10. The summed E-state index contributed by atoms with van der Waals surface area (Å²) in [6, 6.07) is 1.50. The van der Waals surface area contributed by atoms with E-state index < -0.39 is 11.0 Å². The lowest BCUT2D eigenvalue weighted by Crippen LogP contribution is -2.22. The molecular weight excluding hydrogens is 220 g/mol. The van der Waals surface area contributed by atoms with Crippen molar-refractivity contribution in [2.45, 2.75) is 39.7 Å². The molecule has 1 rings (SSSR count). The average molecular weight is 238 g/mol. The number of aliphatic hydroxyl groups is 1. The van der Waals surface area contributed by atoms with Gasteiger partial charge < -0.3 is 5.11 Å². The van der Waals surface area contributed by atoms with Gasteiger partial charge in [0.1, 0.15) is 5.69 Å². The monoisotopic (exact) mass is 238 g/mol. The van der Waals surface area contributed by atoms with E-state index in [2.05, 4.69) is 4.98 Å².